The molecule has 0 aromatic heterocycles. The van der Waals surface area contributed by atoms with Crippen LogP contribution in [0.5, 0.6) is 23.0 Å². The molecule has 3 amide bonds. The highest BCUT2D eigenvalue weighted by Crippen LogP contribution is 2.45. The molecule has 15 rings (SSSR count). The van der Waals surface area contributed by atoms with Gasteiger partial charge in [0.1, 0.15) is 51.6 Å². The molecule has 2 fully saturated rings. The average Bonchev–Trinajstić information content (AvgIpc) is 1.83. The van der Waals surface area contributed by atoms with Crippen LogP contribution in [-0.2, 0) is 29.3 Å². The maximum absolute atomic E-state index is 13.3. The van der Waals surface area contributed by atoms with Gasteiger partial charge in [0, 0.05) is 95.0 Å². The highest BCUT2D eigenvalue weighted by Gasteiger charge is 2.29. The van der Waals surface area contributed by atoms with Crippen LogP contribution in [0.2, 0.25) is 20.1 Å². The number of nitrogens with two attached hydrogens (primary N) is 2. The van der Waals surface area contributed by atoms with Crippen LogP contribution in [0.1, 0.15) is 136 Å². The number of carbonyl (C=O) groups is 4. The molecule has 0 radical (unpaired) electrons. The lowest BCUT2D eigenvalue weighted by atomic mass is 9.96. The third-order valence-electron chi connectivity index (χ3n) is 18.7. The fourth-order valence-electron chi connectivity index (χ4n) is 12.6. The second kappa shape index (κ2) is 68.4. The van der Waals surface area contributed by atoms with Crippen molar-refractivity contribution in [2.45, 2.75) is 97.5 Å². The molecule has 0 atom stereocenters. The predicted molar refractivity (Wildman–Crippen MR) is 588 cm³/mol. The first-order valence-corrected chi connectivity index (χ1v) is 47.3. The van der Waals surface area contributed by atoms with Crippen molar-refractivity contribution in [1.29, 1.82) is 5.41 Å². The number of carboxylic acids is 1. The summed E-state index contributed by atoms with van der Waals surface area (Å²) in [6, 6.07) is 69.1. The minimum absolute atomic E-state index is 0. The number of aliphatic imine (C=N–C) groups is 3. The van der Waals surface area contributed by atoms with E-state index in [4.69, 9.17) is 113 Å². The molecule has 11 aromatic carbocycles. The summed E-state index contributed by atoms with van der Waals surface area (Å²) in [4.78, 5) is 78.1. The minimum atomic E-state index is -1.16. The van der Waals surface area contributed by atoms with Crippen molar-refractivity contribution in [3.05, 3.63) is 341 Å². The number of benzene rings is 11. The first kappa shape index (κ1) is 124. The normalized spacial score (nSPS) is 11.5. The van der Waals surface area contributed by atoms with E-state index in [1.165, 1.54) is 90.9 Å². The van der Waals surface area contributed by atoms with E-state index in [1.807, 2.05) is 128 Å². The highest BCUT2D eigenvalue weighted by atomic mass is 35.5. The summed E-state index contributed by atoms with van der Waals surface area (Å²) in [6.07, 6.45) is 12.6. The monoisotopic (exact) mass is 2040 g/mol. The lowest BCUT2D eigenvalue weighted by Crippen LogP contribution is -2.38. The zero-order valence-electron chi connectivity index (χ0n) is 72.5. The Balaban J connectivity index is 0.000000854. The van der Waals surface area contributed by atoms with Gasteiger partial charge >= 0.3 is 5.97 Å². The van der Waals surface area contributed by atoms with Crippen LogP contribution in [-0.4, -0.2) is 145 Å². The van der Waals surface area contributed by atoms with Gasteiger partial charge in [-0.15, -0.1) is 47.0 Å². The number of ether oxygens (including phenoxy) is 5. The average molecular weight is 2040 g/mol. The van der Waals surface area contributed by atoms with Gasteiger partial charge < -0.3 is 56.0 Å². The third kappa shape index (κ3) is 39.6. The topological polar surface area (TPSA) is 333 Å². The van der Waals surface area contributed by atoms with Gasteiger partial charge in [-0.2, -0.15) is 4.99 Å². The van der Waals surface area contributed by atoms with Crippen LogP contribution in [0.25, 0.3) is 63.9 Å². The Morgan fingerprint density at radius 2 is 0.734 bits per heavy atom. The number of aromatic carboxylic acids is 1. The quantitative estimate of drug-likeness (QED) is 0.0219. The molecular formula is C106H124Cl4N14O11S4. The van der Waals surface area contributed by atoms with Crippen molar-refractivity contribution < 1.29 is 53.1 Å². The Kier molecular flexibility index (Phi) is 61.2. The number of phenolic OH excluding ortho intramolecular Hbond substituents is 1. The van der Waals surface area contributed by atoms with E-state index < -0.39 is 23.7 Å². The number of nitrogens with one attached hydrogen (secondary N) is 5. The number of guanidine groups is 2. The van der Waals surface area contributed by atoms with E-state index in [1.54, 1.807) is 115 Å². The number of hydrogen-bond acceptors (Lipinski definition) is 21. The summed E-state index contributed by atoms with van der Waals surface area (Å²) in [7, 11) is 0. The van der Waals surface area contributed by atoms with Gasteiger partial charge in [-0.1, -0.05) is 262 Å². The van der Waals surface area contributed by atoms with Crippen LogP contribution in [0.3, 0.4) is 0 Å². The highest BCUT2D eigenvalue weighted by molar-refractivity contribution is 8.38. The van der Waals surface area contributed by atoms with Crippen molar-refractivity contribution >= 4 is 161 Å². The standard InChI is InChI=1S/C24H19ClN4O2.C24H19ClN2O2S2.C21H14ClNO3.C17H13ClN4O2.2C4H8O.C3H7NS2.C2H8N2.7CH4/c1-26-19-10-11-20(31-15-16-6-3-2-4-7-16)22(23(30)29-24-27-12-13-28-24)21(19)17-8-5-9-18(25)14-17;1-26-19-12-13-20(29-15-16-8-5-4-6-9-16)22(23(28)27-24(30-2)31-3)21(19)17-10-7-11-18(25)14-17;1-23-17-10-11-18(26-13-14-6-3-2-4-7-14)20(21(24)25)19(17)15-8-5-9-16(22)12-15;1-19-12-5-6-13(23)15(16(24)22-17-20-7-8-21-17)14(12)10-3-2-4-11(18)9-10;2*1-2-4-5-3-1;1-5-3(4)6-2;3-1-2-4;;;;;;;/h2-11,14H,12-13,15H2,(H2,27,28,29,30);4-14H,15H2,2-3H3;2-12H,13H2,(H,24,25);2-6,9,23H,7-8H2,(H2,20,21,22,24);2*1-4H2;4H,1-2H3;1-4H2;7*1H4. The zero-order chi connectivity index (χ0) is 94.9. The summed E-state index contributed by atoms with van der Waals surface area (Å²) < 4.78 is 29.0. The summed E-state index contributed by atoms with van der Waals surface area (Å²) in [6.45, 7) is 38.5. The van der Waals surface area contributed by atoms with E-state index in [-0.39, 0.29) is 117 Å². The van der Waals surface area contributed by atoms with Gasteiger partial charge in [0.25, 0.3) is 17.7 Å². The Bertz CT molecular complexity index is 5980. The van der Waals surface area contributed by atoms with Gasteiger partial charge in [0.15, 0.2) is 34.7 Å². The molecule has 4 aliphatic heterocycles. The Labute approximate surface area is 857 Å². The smallest absolute Gasteiger partial charge is 0.338 e. The fourth-order valence-corrected chi connectivity index (χ4v) is 15.0. The summed E-state index contributed by atoms with van der Waals surface area (Å²) in [5, 5.41) is 40.2. The van der Waals surface area contributed by atoms with Gasteiger partial charge in [-0.3, -0.25) is 40.4 Å². The van der Waals surface area contributed by atoms with Crippen molar-refractivity contribution in [3.63, 3.8) is 0 Å². The third-order valence-corrected chi connectivity index (χ3v) is 23.2. The molecule has 11 aromatic rings. The molecule has 11 N–H and O–H groups in total. The minimum Gasteiger partial charge on any atom is -0.507 e. The van der Waals surface area contributed by atoms with Gasteiger partial charge in [0.05, 0.1) is 61.6 Å². The number of halogens is 4. The first-order valence-electron chi connectivity index (χ1n) is 40.9. The number of amides is 3. The molecule has 736 valence electrons. The lowest BCUT2D eigenvalue weighted by molar-refractivity contribution is 0.0691. The molecule has 2 saturated heterocycles. The second-order valence-corrected chi connectivity index (χ2v) is 33.2. The molecule has 0 spiro atoms. The first-order chi connectivity index (χ1) is 64.1. The van der Waals surface area contributed by atoms with E-state index >= 15 is 0 Å². The number of phenols is 1. The van der Waals surface area contributed by atoms with Crippen molar-refractivity contribution in [2.75, 3.05) is 90.7 Å². The summed E-state index contributed by atoms with van der Waals surface area (Å²) in [5.74, 6) is -1.05. The largest absolute Gasteiger partial charge is 0.507 e. The molecular weight excluding hydrogens is 1920 g/mol. The van der Waals surface area contributed by atoms with Gasteiger partial charge in [-0.25, -0.2) is 24.2 Å². The number of carboxylic acid groups (broad SMARTS) is 1. The molecule has 0 bridgehead atoms. The maximum Gasteiger partial charge on any atom is 0.338 e. The van der Waals surface area contributed by atoms with Crippen molar-refractivity contribution in [1.82, 2.24) is 21.3 Å². The molecule has 0 aliphatic carbocycles. The number of aromatic hydroxyl groups is 1. The number of hydrogen-bond donors (Lipinski definition) is 9. The van der Waals surface area contributed by atoms with Crippen LogP contribution in [0.4, 0.5) is 22.7 Å². The Morgan fingerprint density at radius 1 is 0.432 bits per heavy atom. The fraction of sp³-hybridized carbons (Fsp3) is 0.264. The molecule has 139 heavy (non-hydrogen) atoms. The maximum atomic E-state index is 13.3. The molecule has 25 nitrogen and oxygen atoms in total. The Hall–Kier alpha value is -12.7. The van der Waals surface area contributed by atoms with Crippen molar-refractivity contribution in [3.8, 4) is 67.5 Å². The van der Waals surface area contributed by atoms with Crippen LogP contribution in [0.15, 0.2) is 252 Å². The van der Waals surface area contributed by atoms with Crippen LogP contribution < -0.4 is 46.9 Å². The molecule has 0 unspecified atom stereocenters. The van der Waals surface area contributed by atoms with E-state index in [9.17, 15) is 29.4 Å². The second-order valence-electron chi connectivity index (χ2n) is 27.7. The Morgan fingerprint density at radius 3 is 1.01 bits per heavy atom. The van der Waals surface area contributed by atoms with Crippen LogP contribution in [0, 0.1) is 31.7 Å². The number of rotatable bonds is 18. The lowest BCUT2D eigenvalue weighted by Gasteiger charge is -2.18. The van der Waals surface area contributed by atoms with E-state index in [2.05, 4.69) is 55.6 Å². The summed E-state index contributed by atoms with van der Waals surface area (Å²) in [5.41, 5.74) is 18.4. The van der Waals surface area contributed by atoms with Crippen molar-refractivity contribution in [2.24, 2.45) is 26.4 Å². The molecule has 4 aliphatic rings. The van der Waals surface area contributed by atoms with Crippen LogP contribution >= 0.6 is 93.5 Å². The summed E-state index contributed by atoms with van der Waals surface area (Å²) >= 11 is 30.2. The number of thioether (sulfide) groups is 4. The number of carbonyl (C=O) groups excluding carboxylic acids is 3. The van der Waals surface area contributed by atoms with E-state index in [0.29, 0.717) is 147 Å². The van der Waals surface area contributed by atoms with E-state index in [0.717, 1.165) is 43.1 Å². The molecule has 33 heteroatoms. The number of nitrogens with zero attached hydrogens (tertiary/aromatic N) is 7. The SMILES string of the molecule is C.C.C.C.C.C.C.C1CCOC1.C1CCOC1.CSC(=N)SC.NCCN.[C-]#[N+]c1ccc(O)c(C(=O)NC2=NCCN2)c1-c1cccc(Cl)c1.[C-]#[N+]c1ccc(OCc2ccccc2)c(C(=O)N=C(SC)SC)c1-c1cccc(Cl)c1.[C-]#[N+]c1ccc(OCc2ccccc2)c(C(=O)NC2=NCCN2)c1-c1cccc(Cl)c1.[C-]#[N+]c1ccc(OCc2ccccc2)c(C(=O)O)c1-c1cccc(Cl)c1. The molecule has 4 heterocycles. The zero-order valence-corrected chi connectivity index (χ0v) is 78.8. The van der Waals surface area contributed by atoms with Gasteiger partial charge in [0.2, 0.25) is 0 Å². The van der Waals surface area contributed by atoms with Gasteiger partial charge in [-0.05, 0) is 162 Å². The molecule has 0 saturated carbocycles. The predicted octanol–water partition coefficient (Wildman–Crippen LogP) is 27.6.